The zero-order chi connectivity index (χ0) is 43.3. The number of benzene rings is 8. The summed E-state index contributed by atoms with van der Waals surface area (Å²) in [6, 6.07) is 53.7. The lowest BCUT2D eigenvalue weighted by Gasteiger charge is -2.42. The third-order valence-corrected chi connectivity index (χ3v) is 16.4. The predicted octanol–water partition coefficient (Wildman–Crippen LogP) is 15.2. The Morgan fingerprint density at radius 2 is 1.28 bits per heavy atom. The fourth-order valence-corrected chi connectivity index (χ4v) is 13.2. The molecule has 1 aliphatic carbocycles. The van der Waals surface area contributed by atoms with Crippen LogP contribution in [0.3, 0.4) is 0 Å². The van der Waals surface area contributed by atoms with E-state index in [9.17, 15) is 0 Å². The average molecular weight is 843 g/mol. The lowest BCUT2D eigenvalue weighted by Crippen LogP contribution is -2.60. The Bertz CT molecular complexity index is 3900. The topological polar surface area (TPSA) is 21.3 Å². The van der Waals surface area contributed by atoms with Crippen LogP contribution in [-0.4, -0.2) is 11.4 Å². The van der Waals surface area contributed by atoms with Gasteiger partial charge < -0.3 is 13.8 Å². The third kappa shape index (κ3) is 4.58. The summed E-state index contributed by atoms with van der Waals surface area (Å²) in [6.07, 6.45) is 0. The van der Waals surface area contributed by atoms with Crippen LogP contribution in [0, 0.1) is 0 Å². The number of rotatable bonds is 1. The Balaban J connectivity index is 1.23. The summed E-state index contributed by atoms with van der Waals surface area (Å²) in [5.74, 6) is 0. The average Bonchev–Trinajstić information content (AvgIpc) is 4.01. The minimum atomic E-state index is -0.162. The molecule has 3 nitrogen and oxygen atoms in total. The smallest absolute Gasteiger partial charge is 0.333 e. The Labute approximate surface area is 377 Å². The number of hydrogen-bond acceptors (Lipinski definition) is 3. The Kier molecular flexibility index (Phi) is 6.89. The molecular formula is C59H47BN2OS. The van der Waals surface area contributed by atoms with Gasteiger partial charge in [-0.1, -0.05) is 140 Å². The molecule has 0 unspecified atom stereocenters. The van der Waals surface area contributed by atoms with Crippen molar-refractivity contribution in [2.75, 3.05) is 4.81 Å². The molecule has 0 saturated heterocycles. The molecule has 3 aromatic heterocycles. The van der Waals surface area contributed by atoms with Gasteiger partial charge in [0.1, 0.15) is 11.2 Å². The first-order chi connectivity index (χ1) is 30.8. The van der Waals surface area contributed by atoms with Crippen LogP contribution in [0.15, 0.2) is 144 Å². The van der Waals surface area contributed by atoms with Crippen molar-refractivity contribution in [3.05, 3.63) is 162 Å². The van der Waals surface area contributed by atoms with E-state index in [0.717, 1.165) is 16.6 Å². The van der Waals surface area contributed by atoms with Crippen molar-refractivity contribution in [3.8, 4) is 27.9 Å². The summed E-state index contributed by atoms with van der Waals surface area (Å²) < 4.78 is 12.5. The van der Waals surface area contributed by atoms with Gasteiger partial charge in [-0.2, -0.15) is 0 Å². The lowest BCUT2D eigenvalue weighted by molar-refractivity contribution is 0.590. The van der Waals surface area contributed by atoms with Crippen molar-refractivity contribution in [2.45, 2.75) is 71.6 Å². The second-order valence-electron chi connectivity index (χ2n) is 21.3. The molecule has 0 spiro atoms. The van der Waals surface area contributed by atoms with Gasteiger partial charge in [0.05, 0.1) is 16.4 Å². The maximum absolute atomic E-state index is 7.26. The summed E-state index contributed by atoms with van der Waals surface area (Å²) in [5, 5.41) is 7.44. The molecule has 0 saturated carbocycles. The SMILES string of the molecule is CC(C)(C)c1ccc(N2B3c4cc5c(cc4-n4c6ccc(C(C)(C)C)cc6c6c7oc8ccccc8c7c(c3c64)-c3cc4c(cc32)sc2ccccc24)C(C)(C)c2ccccc2-5)cc1. The highest BCUT2D eigenvalue weighted by Crippen LogP contribution is 2.55. The van der Waals surface area contributed by atoms with Gasteiger partial charge in [-0.05, 0) is 115 Å². The largest absolute Gasteiger partial charge is 0.455 e. The lowest BCUT2D eigenvalue weighted by atomic mass is 9.43. The van der Waals surface area contributed by atoms with Gasteiger partial charge >= 0.3 is 6.85 Å². The van der Waals surface area contributed by atoms with Crippen molar-refractivity contribution in [3.63, 3.8) is 0 Å². The van der Waals surface area contributed by atoms with Gasteiger partial charge in [0, 0.05) is 64.4 Å². The Morgan fingerprint density at radius 3 is 2.08 bits per heavy atom. The molecule has 0 N–H and O–H groups in total. The number of hydrogen-bond donors (Lipinski definition) is 0. The monoisotopic (exact) mass is 842 g/mol. The number of anilines is 2. The molecule has 64 heavy (non-hydrogen) atoms. The standard InChI is InChI=1S/C59H47BN2OS/c1-57(2,3)32-21-24-34(25-22-32)62-46-31-50-39(36-16-11-14-20-49(36)64-50)28-41(46)51-52-37-17-10-13-19-48(37)63-56(52)53-40-27-33(58(4,5)6)23-26-45(40)61-47-30-43-38(29-44(47)60(62)54(51)55(53)61)35-15-9-12-18-42(35)59(43,7)8/h9-31H,1-8H3. The first-order valence-electron chi connectivity index (χ1n) is 22.9. The third-order valence-electron chi connectivity index (χ3n) is 15.3. The van der Waals surface area contributed by atoms with Crippen LogP contribution in [-0.2, 0) is 16.2 Å². The van der Waals surface area contributed by atoms with E-state index in [1.165, 1.54) is 120 Å². The summed E-state index contributed by atoms with van der Waals surface area (Å²) in [4.78, 5) is 2.71. The van der Waals surface area contributed by atoms with E-state index in [1.54, 1.807) is 0 Å². The summed E-state index contributed by atoms with van der Waals surface area (Å²) in [7, 11) is 0. The summed E-state index contributed by atoms with van der Waals surface area (Å²) in [5.41, 5.74) is 21.2. The molecule has 11 aromatic rings. The molecule has 0 fully saturated rings. The van der Waals surface area contributed by atoms with Gasteiger partial charge in [0.15, 0.2) is 0 Å². The highest BCUT2D eigenvalue weighted by atomic mass is 32.1. The molecule has 5 heterocycles. The van der Waals surface area contributed by atoms with Crippen LogP contribution in [0.25, 0.3) is 91.9 Å². The first kappa shape index (κ1) is 36.9. The van der Waals surface area contributed by atoms with Crippen molar-refractivity contribution in [2.24, 2.45) is 0 Å². The fourth-order valence-electron chi connectivity index (χ4n) is 12.1. The predicted molar refractivity (Wildman–Crippen MR) is 275 cm³/mol. The van der Waals surface area contributed by atoms with Gasteiger partial charge in [0.2, 0.25) is 0 Å². The zero-order valence-electron chi connectivity index (χ0n) is 37.6. The van der Waals surface area contributed by atoms with Gasteiger partial charge in [-0.15, -0.1) is 11.3 Å². The van der Waals surface area contributed by atoms with E-state index in [0.29, 0.717) is 0 Å². The molecule has 0 bridgehead atoms. The van der Waals surface area contributed by atoms with Crippen molar-refractivity contribution >= 4 is 104 Å². The maximum atomic E-state index is 7.26. The highest BCUT2D eigenvalue weighted by Gasteiger charge is 2.48. The minimum absolute atomic E-state index is 0.0271. The fraction of sp³-hybridized carbons (Fsp3) is 0.186. The van der Waals surface area contributed by atoms with Crippen LogP contribution < -0.4 is 15.7 Å². The molecule has 0 radical (unpaired) electrons. The van der Waals surface area contributed by atoms with E-state index < -0.39 is 0 Å². The number of para-hydroxylation sites is 1. The molecule has 0 atom stereocenters. The summed E-state index contributed by atoms with van der Waals surface area (Å²) >= 11 is 1.90. The zero-order valence-corrected chi connectivity index (χ0v) is 38.4. The van der Waals surface area contributed by atoms with Crippen LogP contribution in [0.2, 0.25) is 0 Å². The first-order valence-corrected chi connectivity index (χ1v) is 23.7. The molecular weight excluding hydrogens is 796 g/mol. The molecule has 14 rings (SSSR count). The molecule has 8 aromatic carbocycles. The van der Waals surface area contributed by atoms with Crippen molar-refractivity contribution < 1.29 is 4.42 Å². The van der Waals surface area contributed by atoms with Crippen LogP contribution in [0.1, 0.15) is 77.6 Å². The van der Waals surface area contributed by atoms with E-state index in [4.69, 9.17) is 4.42 Å². The summed E-state index contributed by atoms with van der Waals surface area (Å²) in [6.45, 7) is 18.6. The Morgan fingerprint density at radius 1 is 0.562 bits per heavy atom. The Hall–Kier alpha value is -6.56. The van der Waals surface area contributed by atoms with Gasteiger partial charge in [0.25, 0.3) is 0 Å². The van der Waals surface area contributed by atoms with Crippen LogP contribution in [0.5, 0.6) is 0 Å². The van der Waals surface area contributed by atoms with Crippen molar-refractivity contribution in [1.82, 2.24) is 4.57 Å². The van der Waals surface area contributed by atoms with Crippen LogP contribution in [0.4, 0.5) is 11.4 Å². The highest BCUT2D eigenvalue weighted by molar-refractivity contribution is 7.25. The van der Waals surface area contributed by atoms with E-state index in [2.05, 4.69) is 204 Å². The van der Waals surface area contributed by atoms with Crippen LogP contribution >= 0.6 is 11.3 Å². The number of aromatic nitrogens is 1. The molecule has 0 amide bonds. The number of thiophene rings is 1. The molecule has 5 heteroatoms. The maximum Gasteiger partial charge on any atom is 0.333 e. The quantitative estimate of drug-likeness (QED) is 0.154. The molecule has 2 aliphatic heterocycles. The van der Waals surface area contributed by atoms with Gasteiger partial charge in [-0.25, -0.2) is 0 Å². The van der Waals surface area contributed by atoms with Gasteiger partial charge in [-0.3, -0.25) is 0 Å². The minimum Gasteiger partial charge on any atom is -0.455 e. The molecule has 308 valence electrons. The number of nitrogens with zero attached hydrogens (tertiary/aromatic N) is 2. The number of furan rings is 1. The number of fused-ring (bicyclic) bond motifs is 19. The van der Waals surface area contributed by atoms with E-state index in [1.807, 2.05) is 11.3 Å². The van der Waals surface area contributed by atoms with E-state index >= 15 is 0 Å². The van der Waals surface area contributed by atoms with E-state index in [-0.39, 0.29) is 23.1 Å². The second kappa shape index (κ2) is 12.0. The second-order valence-corrected chi connectivity index (χ2v) is 22.4. The molecule has 3 aliphatic rings. The van der Waals surface area contributed by atoms with Crippen molar-refractivity contribution in [1.29, 1.82) is 0 Å². The normalized spacial score (nSPS) is 14.9.